The first-order valence-corrected chi connectivity index (χ1v) is 9.16. The highest BCUT2D eigenvalue weighted by Gasteiger charge is 2.23. The first-order chi connectivity index (χ1) is 13.5. The molecule has 3 rings (SSSR count). The van der Waals surface area contributed by atoms with E-state index in [1.54, 1.807) is 20.1 Å². The van der Waals surface area contributed by atoms with Gasteiger partial charge >= 0.3 is 5.97 Å². The van der Waals surface area contributed by atoms with Crippen molar-refractivity contribution in [2.24, 2.45) is 0 Å². The highest BCUT2D eigenvalue weighted by molar-refractivity contribution is 5.90. The number of hydrogen-bond acceptors (Lipinski definition) is 4. The lowest BCUT2D eigenvalue weighted by molar-refractivity contribution is -0.131. The van der Waals surface area contributed by atoms with Crippen molar-refractivity contribution < 1.29 is 19.1 Å². The van der Waals surface area contributed by atoms with Crippen LogP contribution in [0, 0.1) is 0 Å². The maximum atomic E-state index is 12.3. The van der Waals surface area contributed by atoms with Crippen LogP contribution in [0.25, 0.3) is 10.8 Å². The number of carbonyl (C=O) groups excluding carboxylic acids is 2. The van der Waals surface area contributed by atoms with Crippen molar-refractivity contribution in [3.63, 3.8) is 0 Å². The van der Waals surface area contributed by atoms with E-state index in [1.165, 1.54) is 6.92 Å². The topological polar surface area (TPSA) is 64.6 Å². The summed E-state index contributed by atoms with van der Waals surface area (Å²) in [5, 5.41) is 4.98. The summed E-state index contributed by atoms with van der Waals surface area (Å²) in [6, 6.07) is 18.5. The molecule has 1 atom stereocenters. The average molecular weight is 377 g/mol. The van der Waals surface area contributed by atoms with E-state index < -0.39 is 12.0 Å². The van der Waals surface area contributed by atoms with Gasteiger partial charge in [-0.1, -0.05) is 49.4 Å². The van der Waals surface area contributed by atoms with E-state index in [2.05, 4.69) is 5.32 Å². The van der Waals surface area contributed by atoms with Gasteiger partial charge in [0, 0.05) is 18.9 Å². The van der Waals surface area contributed by atoms with Gasteiger partial charge in [-0.25, -0.2) is 0 Å². The summed E-state index contributed by atoms with van der Waals surface area (Å²) in [6.07, 6.45) is 0.348. The summed E-state index contributed by atoms with van der Waals surface area (Å²) < 4.78 is 10.7. The van der Waals surface area contributed by atoms with Crippen molar-refractivity contribution >= 4 is 22.6 Å². The number of fused-ring (bicyclic) bond motifs is 1. The largest absolute Gasteiger partial charge is 0.497 e. The summed E-state index contributed by atoms with van der Waals surface area (Å²) in [4.78, 5) is 24.0. The first-order valence-electron chi connectivity index (χ1n) is 9.16. The lowest BCUT2D eigenvalue weighted by Crippen LogP contribution is -2.29. The third kappa shape index (κ3) is 4.14. The molecule has 1 amide bonds. The van der Waals surface area contributed by atoms with E-state index in [9.17, 15) is 9.59 Å². The Morgan fingerprint density at radius 2 is 1.71 bits per heavy atom. The van der Waals surface area contributed by atoms with Gasteiger partial charge in [-0.3, -0.25) is 9.59 Å². The third-order valence-corrected chi connectivity index (χ3v) is 4.55. The number of methoxy groups -OCH3 is 1. The second-order valence-electron chi connectivity index (χ2n) is 6.42. The molecule has 0 aromatic heterocycles. The van der Waals surface area contributed by atoms with Crippen LogP contribution in [0.5, 0.6) is 11.5 Å². The van der Waals surface area contributed by atoms with E-state index in [4.69, 9.17) is 9.47 Å². The van der Waals surface area contributed by atoms with Gasteiger partial charge in [-0.2, -0.15) is 0 Å². The Hall–Kier alpha value is -3.34. The van der Waals surface area contributed by atoms with Gasteiger partial charge in [0.25, 0.3) is 0 Å². The molecule has 5 nitrogen and oxygen atoms in total. The Balaban J connectivity index is 2.23. The van der Waals surface area contributed by atoms with E-state index in [0.717, 1.165) is 27.6 Å². The molecule has 28 heavy (non-hydrogen) atoms. The number of benzene rings is 3. The molecule has 0 radical (unpaired) electrons. The molecular weight excluding hydrogens is 354 g/mol. The molecule has 0 heterocycles. The lowest BCUT2D eigenvalue weighted by atomic mass is 9.92. The maximum Gasteiger partial charge on any atom is 0.308 e. The Labute approximate surface area is 164 Å². The quantitative estimate of drug-likeness (QED) is 0.511. The van der Waals surface area contributed by atoms with Crippen molar-refractivity contribution in [3.05, 3.63) is 71.8 Å². The molecule has 0 aliphatic rings. The Kier molecular flexibility index (Phi) is 5.94. The van der Waals surface area contributed by atoms with Crippen LogP contribution in [0.1, 0.15) is 37.4 Å². The maximum absolute atomic E-state index is 12.3. The monoisotopic (exact) mass is 377 g/mol. The van der Waals surface area contributed by atoms with Crippen LogP contribution >= 0.6 is 0 Å². The summed E-state index contributed by atoms with van der Waals surface area (Å²) >= 11 is 0. The summed E-state index contributed by atoms with van der Waals surface area (Å²) in [7, 11) is 1.61. The Bertz CT molecular complexity index is 995. The molecule has 3 aromatic carbocycles. The summed E-state index contributed by atoms with van der Waals surface area (Å²) in [5.74, 6) is 0.653. The van der Waals surface area contributed by atoms with Gasteiger partial charge in [0.1, 0.15) is 11.5 Å². The number of esters is 1. The van der Waals surface area contributed by atoms with Gasteiger partial charge in [0.05, 0.1) is 13.2 Å². The second kappa shape index (κ2) is 8.57. The van der Waals surface area contributed by atoms with Crippen molar-refractivity contribution in [1.29, 1.82) is 0 Å². The first kappa shape index (κ1) is 19.4. The van der Waals surface area contributed by atoms with Crippen LogP contribution in [0.4, 0.5) is 0 Å². The van der Waals surface area contributed by atoms with E-state index in [1.807, 2.05) is 54.6 Å². The van der Waals surface area contributed by atoms with Crippen LogP contribution in [-0.4, -0.2) is 19.0 Å². The SMILES string of the molecule is CCC(=O)N[C@@H](c1ccc(OC)cc1)c1c(OC(C)=O)ccc2ccccc12. The minimum atomic E-state index is -0.473. The highest BCUT2D eigenvalue weighted by atomic mass is 16.5. The Morgan fingerprint density at radius 1 is 1.00 bits per heavy atom. The second-order valence-corrected chi connectivity index (χ2v) is 6.42. The van der Waals surface area contributed by atoms with Gasteiger partial charge in [-0.05, 0) is 34.5 Å². The van der Waals surface area contributed by atoms with Gasteiger partial charge in [0.15, 0.2) is 0 Å². The smallest absolute Gasteiger partial charge is 0.308 e. The van der Waals surface area contributed by atoms with Crippen LogP contribution in [0.2, 0.25) is 0 Å². The van der Waals surface area contributed by atoms with Crippen molar-refractivity contribution in [3.8, 4) is 11.5 Å². The number of nitrogens with one attached hydrogen (secondary N) is 1. The van der Waals surface area contributed by atoms with E-state index in [0.29, 0.717) is 12.2 Å². The number of hydrogen-bond donors (Lipinski definition) is 1. The molecule has 144 valence electrons. The predicted molar refractivity (Wildman–Crippen MR) is 109 cm³/mol. The van der Waals surface area contributed by atoms with Gasteiger partial charge in [-0.15, -0.1) is 0 Å². The fourth-order valence-electron chi connectivity index (χ4n) is 3.20. The minimum absolute atomic E-state index is 0.0949. The molecule has 1 N–H and O–H groups in total. The molecule has 0 unspecified atom stereocenters. The molecule has 5 heteroatoms. The number of rotatable bonds is 6. The predicted octanol–water partition coefficient (Wildman–Crippen LogP) is 4.39. The summed E-state index contributed by atoms with van der Waals surface area (Å²) in [5.41, 5.74) is 1.62. The molecule has 0 fully saturated rings. The molecule has 0 saturated heterocycles. The average Bonchev–Trinajstić information content (AvgIpc) is 2.71. The van der Waals surface area contributed by atoms with Gasteiger partial charge < -0.3 is 14.8 Å². The van der Waals surface area contributed by atoms with Crippen molar-refractivity contribution in [1.82, 2.24) is 5.32 Å². The third-order valence-electron chi connectivity index (χ3n) is 4.55. The van der Waals surface area contributed by atoms with Crippen LogP contribution in [-0.2, 0) is 9.59 Å². The molecule has 0 saturated carbocycles. The molecule has 3 aromatic rings. The zero-order chi connectivity index (χ0) is 20.1. The molecule has 0 aliphatic heterocycles. The van der Waals surface area contributed by atoms with Gasteiger partial charge in [0.2, 0.25) is 5.91 Å². The number of carbonyl (C=O) groups is 2. The standard InChI is InChI=1S/C23H23NO4/c1-4-21(26)24-23(17-9-12-18(27-3)13-10-17)22-19-8-6-5-7-16(19)11-14-20(22)28-15(2)25/h5-14,23H,4H2,1-3H3,(H,24,26)/t23-/m0/s1. The minimum Gasteiger partial charge on any atom is -0.497 e. The molecule has 0 spiro atoms. The number of amides is 1. The zero-order valence-corrected chi connectivity index (χ0v) is 16.2. The normalized spacial score (nSPS) is 11.7. The van der Waals surface area contributed by atoms with E-state index >= 15 is 0 Å². The Morgan fingerprint density at radius 3 is 2.36 bits per heavy atom. The number of ether oxygens (including phenoxy) is 2. The van der Waals surface area contributed by atoms with E-state index in [-0.39, 0.29) is 5.91 Å². The van der Waals surface area contributed by atoms with Crippen LogP contribution < -0.4 is 14.8 Å². The van der Waals surface area contributed by atoms with Crippen LogP contribution in [0.15, 0.2) is 60.7 Å². The molecule has 0 bridgehead atoms. The molecule has 0 aliphatic carbocycles. The molecular formula is C23H23NO4. The zero-order valence-electron chi connectivity index (χ0n) is 16.2. The van der Waals surface area contributed by atoms with Crippen molar-refractivity contribution in [2.75, 3.05) is 7.11 Å². The summed E-state index contributed by atoms with van der Waals surface area (Å²) in [6.45, 7) is 3.17. The lowest BCUT2D eigenvalue weighted by Gasteiger charge is -2.24. The highest BCUT2D eigenvalue weighted by Crippen LogP contribution is 2.37. The fourth-order valence-corrected chi connectivity index (χ4v) is 3.20. The fraction of sp³-hybridized carbons (Fsp3) is 0.217. The van der Waals surface area contributed by atoms with Crippen LogP contribution in [0.3, 0.4) is 0 Å². The van der Waals surface area contributed by atoms with Crippen molar-refractivity contribution in [2.45, 2.75) is 26.3 Å².